The lowest BCUT2D eigenvalue weighted by Crippen LogP contribution is -2.51. The Bertz CT molecular complexity index is 802. The lowest BCUT2D eigenvalue weighted by Gasteiger charge is -2.58. The smallest absolute Gasteiger partial charge is 0.223 e. The molecule has 3 saturated carbocycles. The number of aliphatic hydroxyl groups is 1. The zero-order chi connectivity index (χ0) is 27.2. The van der Waals surface area contributed by atoms with Crippen molar-refractivity contribution in [2.75, 3.05) is 39.3 Å². The first-order valence-corrected chi connectivity index (χ1v) is 16.1. The zero-order valence-electron chi connectivity index (χ0n) is 24.7. The van der Waals surface area contributed by atoms with Gasteiger partial charge in [-0.05, 0) is 144 Å². The third kappa shape index (κ3) is 6.50. The zero-order valence-corrected chi connectivity index (χ0v) is 24.7. The Morgan fingerprint density at radius 2 is 1.68 bits per heavy atom. The number of unbranched alkanes of at least 4 members (excludes halogenated alkanes) is 1. The molecule has 3 fully saturated rings. The fraction of sp³-hybridized carbons (Fsp3) is 0.906. The van der Waals surface area contributed by atoms with Gasteiger partial charge in [0, 0.05) is 12.5 Å². The quantitative estimate of drug-likeness (QED) is 0.170. The molecule has 6 heteroatoms. The van der Waals surface area contributed by atoms with Gasteiger partial charge in [-0.15, -0.1) is 0 Å². The minimum absolute atomic E-state index is 0.0939. The molecule has 6 N–H and O–H groups in total. The van der Waals surface area contributed by atoms with Gasteiger partial charge in [-0.1, -0.05) is 32.4 Å². The summed E-state index contributed by atoms with van der Waals surface area (Å²) in [5.74, 6) is 3.11. The summed E-state index contributed by atoms with van der Waals surface area (Å²) in [5.41, 5.74) is 7.64. The largest absolute Gasteiger partial charge is 0.393 e. The highest BCUT2D eigenvalue weighted by Crippen LogP contribution is 2.67. The highest BCUT2D eigenvalue weighted by molar-refractivity contribution is 5.78. The van der Waals surface area contributed by atoms with Crippen LogP contribution < -0.4 is 21.7 Å². The first-order valence-electron chi connectivity index (χ1n) is 16.1. The summed E-state index contributed by atoms with van der Waals surface area (Å²) < 4.78 is 0. The standard InChI is InChI=1S/C32H58N4O2/c1-23(30(38)36-21-7-20-35-18-5-4-17-34-19-6-16-33)27-10-11-28-26-9-8-24-22-25(37)12-14-31(24,2)29(26)13-15-32(27,28)3/h8,23,25-29,34-35,37H,4-7,9-22,33H2,1-3H3,(H,36,38)/t23?,25-,26?,27+,28?,29?,31-,32+/m0/s1. The van der Waals surface area contributed by atoms with Crippen molar-refractivity contribution < 1.29 is 9.90 Å². The molecule has 218 valence electrons. The van der Waals surface area contributed by atoms with E-state index >= 15 is 0 Å². The van der Waals surface area contributed by atoms with E-state index in [0.717, 1.165) is 89.1 Å². The number of rotatable bonds is 14. The van der Waals surface area contributed by atoms with E-state index in [9.17, 15) is 9.90 Å². The van der Waals surface area contributed by atoms with E-state index in [2.05, 4.69) is 42.8 Å². The van der Waals surface area contributed by atoms with Crippen molar-refractivity contribution in [1.82, 2.24) is 16.0 Å². The predicted octanol–water partition coefficient (Wildman–Crippen LogP) is 4.38. The van der Waals surface area contributed by atoms with Crippen LogP contribution in [-0.2, 0) is 4.79 Å². The molecule has 0 radical (unpaired) electrons. The summed E-state index contributed by atoms with van der Waals surface area (Å²) in [6.07, 6.45) is 16.0. The number of aliphatic hydroxyl groups excluding tert-OH is 1. The van der Waals surface area contributed by atoms with Gasteiger partial charge in [0.1, 0.15) is 0 Å². The molecule has 0 aromatic rings. The van der Waals surface area contributed by atoms with Crippen LogP contribution in [0.25, 0.3) is 0 Å². The summed E-state index contributed by atoms with van der Waals surface area (Å²) in [6.45, 7) is 12.9. The van der Waals surface area contributed by atoms with Crippen LogP contribution in [0, 0.1) is 40.4 Å². The maximum Gasteiger partial charge on any atom is 0.223 e. The lowest BCUT2D eigenvalue weighted by molar-refractivity contribution is -0.129. The summed E-state index contributed by atoms with van der Waals surface area (Å²) >= 11 is 0. The van der Waals surface area contributed by atoms with E-state index in [1.165, 1.54) is 44.9 Å². The summed E-state index contributed by atoms with van der Waals surface area (Å²) in [4.78, 5) is 13.2. The molecule has 6 nitrogen and oxygen atoms in total. The molecule has 4 aliphatic carbocycles. The average molecular weight is 531 g/mol. The Kier molecular flexibility index (Phi) is 10.7. The first-order chi connectivity index (χ1) is 18.3. The van der Waals surface area contributed by atoms with Crippen LogP contribution in [0.1, 0.15) is 97.8 Å². The van der Waals surface area contributed by atoms with E-state index in [-0.39, 0.29) is 23.3 Å². The summed E-state index contributed by atoms with van der Waals surface area (Å²) in [5, 5.41) is 20.5. The van der Waals surface area contributed by atoms with E-state index in [1.54, 1.807) is 5.57 Å². The molecule has 1 amide bonds. The molecule has 0 spiro atoms. The fourth-order valence-electron chi connectivity index (χ4n) is 9.25. The number of fused-ring (bicyclic) bond motifs is 5. The van der Waals surface area contributed by atoms with Crippen molar-refractivity contribution in [3.05, 3.63) is 11.6 Å². The molecule has 0 saturated heterocycles. The summed E-state index contributed by atoms with van der Waals surface area (Å²) in [6, 6.07) is 0. The highest BCUT2D eigenvalue weighted by atomic mass is 16.3. The van der Waals surface area contributed by atoms with Gasteiger partial charge < -0.3 is 26.8 Å². The van der Waals surface area contributed by atoms with Crippen molar-refractivity contribution >= 4 is 5.91 Å². The van der Waals surface area contributed by atoms with Gasteiger partial charge in [0.05, 0.1) is 6.10 Å². The Labute approximate surface area is 232 Å². The third-order valence-corrected chi connectivity index (χ3v) is 11.5. The van der Waals surface area contributed by atoms with Crippen LogP contribution in [0.15, 0.2) is 11.6 Å². The van der Waals surface area contributed by atoms with Gasteiger partial charge >= 0.3 is 0 Å². The molecule has 0 bridgehead atoms. The van der Waals surface area contributed by atoms with Crippen molar-refractivity contribution in [2.24, 2.45) is 46.2 Å². The molecule has 38 heavy (non-hydrogen) atoms. The van der Waals surface area contributed by atoms with Crippen LogP contribution >= 0.6 is 0 Å². The van der Waals surface area contributed by atoms with E-state index < -0.39 is 0 Å². The van der Waals surface area contributed by atoms with Crippen LogP contribution in [0.5, 0.6) is 0 Å². The third-order valence-electron chi connectivity index (χ3n) is 11.5. The number of amides is 1. The van der Waals surface area contributed by atoms with Gasteiger partial charge in [-0.25, -0.2) is 0 Å². The topological polar surface area (TPSA) is 99.4 Å². The molecule has 8 atom stereocenters. The fourth-order valence-corrected chi connectivity index (χ4v) is 9.25. The Balaban J connectivity index is 1.18. The van der Waals surface area contributed by atoms with Gasteiger partial charge in [-0.3, -0.25) is 4.79 Å². The van der Waals surface area contributed by atoms with Crippen molar-refractivity contribution in [1.29, 1.82) is 0 Å². The number of hydrogen-bond donors (Lipinski definition) is 5. The van der Waals surface area contributed by atoms with Crippen molar-refractivity contribution in [2.45, 2.75) is 104 Å². The monoisotopic (exact) mass is 530 g/mol. The highest BCUT2D eigenvalue weighted by Gasteiger charge is 2.59. The lowest BCUT2D eigenvalue weighted by atomic mass is 9.47. The van der Waals surface area contributed by atoms with Crippen molar-refractivity contribution in [3.8, 4) is 0 Å². The van der Waals surface area contributed by atoms with Crippen LogP contribution in [0.2, 0.25) is 0 Å². The minimum atomic E-state index is -0.134. The first kappa shape index (κ1) is 30.0. The number of hydrogen-bond acceptors (Lipinski definition) is 5. The molecule has 0 aromatic heterocycles. The van der Waals surface area contributed by atoms with E-state index in [0.29, 0.717) is 11.3 Å². The predicted molar refractivity (Wildman–Crippen MR) is 157 cm³/mol. The van der Waals surface area contributed by atoms with Gasteiger partial charge in [0.25, 0.3) is 0 Å². The van der Waals surface area contributed by atoms with Gasteiger partial charge in [0.15, 0.2) is 0 Å². The SMILES string of the molecule is CC(C(=O)NCCCNCCCCNCCCN)[C@H]1CCC2C3CC=C4C[C@@H](O)CC[C@]4(C)C3CC[C@@]21C. The van der Waals surface area contributed by atoms with Gasteiger partial charge in [-0.2, -0.15) is 0 Å². The van der Waals surface area contributed by atoms with Crippen LogP contribution in [0.4, 0.5) is 0 Å². The molecular weight excluding hydrogens is 472 g/mol. The number of allylic oxidation sites excluding steroid dienone is 1. The van der Waals surface area contributed by atoms with Crippen LogP contribution in [-0.4, -0.2) is 56.4 Å². The van der Waals surface area contributed by atoms with Crippen molar-refractivity contribution in [3.63, 3.8) is 0 Å². The second kappa shape index (κ2) is 13.6. The second-order valence-corrected chi connectivity index (χ2v) is 13.7. The minimum Gasteiger partial charge on any atom is -0.393 e. The Hall–Kier alpha value is -0.950. The molecule has 4 unspecified atom stereocenters. The maximum atomic E-state index is 13.2. The molecule has 0 aromatic carbocycles. The molecule has 4 rings (SSSR count). The Morgan fingerprint density at radius 1 is 0.974 bits per heavy atom. The summed E-state index contributed by atoms with van der Waals surface area (Å²) in [7, 11) is 0. The number of carbonyl (C=O) groups excluding carboxylic acids is 1. The molecular formula is C32H58N4O2. The van der Waals surface area contributed by atoms with E-state index in [1.807, 2.05) is 0 Å². The average Bonchev–Trinajstić information content (AvgIpc) is 3.26. The number of nitrogens with two attached hydrogens (primary N) is 1. The normalized spacial score (nSPS) is 37.1. The second-order valence-electron chi connectivity index (χ2n) is 13.7. The Morgan fingerprint density at radius 3 is 2.42 bits per heavy atom. The number of carbonyl (C=O) groups is 1. The van der Waals surface area contributed by atoms with E-state index in [4.69, 9.17) is 5.73 Å². The van der Waals surface area contributed by atoms with Gasteiger partial charge in [0.2, 0.25) is 5.91 Å². The molecule has 0 aliphatic heterocycles. The molecule has 4 aliphatic rings. The molecule has 0 heterocycles. The maximum absolute atomic E-state index is 13.2. The van der Waals surface area contributed by atoms with Crippen LogP contribution in [0.3, 0.4) is 0 Å². The number of nitrogens with one attached hydrogen (secondary N) is 3.